The molecule has 0 saturated carbocycles. The van der Waals surface area contributed by atoms with Crippen molar-refractivity contribution in [3.05, 3.63) is 52.9 Å². The summed E-state index contributed by atoms with van der Waals surface area (Å²) in [5.74, 6) is 1.41. The van der Waals surface area contributed by atoms with Crippen LogP contribution in [0.5, 0.6) is 5.75 Å². The fourth-order valence-electron chi connectivity index (χ4n) is 2.58. The number of ether oxygens (including phenoxy) is 1. The molecule has 0 unspecified atom stereocenters. The van der Waals surface area contributed by atoms with Crippen LogP contribution in [0.3, 0.4) is 0 Å². The van der Waals surface area contributed by atoms with Crippen LogP contribution in [0, 0.1) is 0 Å². The summed E-state index contributed by atoms with van der Waals surface area (Å²) in [7, 11) is 0. The Hall–Kier alpha value is -2.82. The molecule has 3 aromatic rings. The van der Waals surface area contributed by atoms with E-state index in [1.807, 2.05) is 38.1 Å². The minimum atomic E-state index is -0.0352. The highest BCUT2D eigenvalue weighted by atomic mass is 16.5. The lowest BCUT2D eigenvalue weighted by molar-refractivity contribution is 0.340. The highest BCUT2D eigenvalue weighted by molar-refractivity contribution is 5.91. The number of pyridine rings is 2. The number of anilines is 1. The Balaban J connectivity index is 2.13. The van der Waals surface area contributed by atoms with Crippen LogP contribution in [0.2, 0.25) is 0 Å². The van der Waals surface area contributed by atoms with E-state index in [-0.39, 0.29) is 5.43 Å². The lowest BCUT2D eigenvalue weighted by Crippen LogP contribution is -2.11. The summed E-state index contributed by atoms with van der Waals surface area (Å²) in [6, 6.07) is 9.34. The number of H-pyrrole nitrogens is 1. The van der Waals surface area contributed by atoms with E-state index in [2.05, 4.69) is 15.3 Å². The van der Waals surface area contributed by atoms with Gasteiger partial charge >= 0.3 is 0 Å². The van der Waals surface area contributed by atoms with Crippen LogP contribution in [-0.4, -0.2) is 23.1 Å². The summed E-state index contributed by atoms with van der Waals surface area (Å²) < 4.78 is 5.44. The Kier molecular flexibility index (Phi) is 4.28. The van der Waals surface area contributed by atoms with Gasteiger partial charge in [-0.2, -0.15) is 0 Å². The average Bonchev–Trinajstić information content (AvgIpc) is 2.57. The van der Waals surface area contributed by atoms with Gasteiger partial charge in [0.15, 0.2) is 0 Å². The number of benzene rings is 1. The van der Waals surface area contributed by atoms with E-state index >= 15 is 0 Å². The molecule has 2 heterocycles. The van der Waals surface area contributed by atoms with Crippen molar-refractivity contribution < 1.29 is 4.74 Å². The van der Waals surface area contributed by atoms with E-state index in [9.17, 15) is 4.79 Å². The van der Waals surface area contributed by atoms with Crippen molar-refractivity contribution in [2.24, 2.45) is 0 Å². The second-order valence-corrected chi connectivity index (χ2v) is 5.10. The maximum Gasteiger partial charge on any atom is 0.200 e. The zero-order chi connectivity index (χ0) is 16.2. The van der Waals surface area contributed by atoms with Crippen molar-refractivity contribution in [2.75, 3.05) is 18.5 Å². The third-order valence-corrected chi connectivity index (χ3v) is 3.62. The molecule has 0 bridgehead atoms. The Morgan fingerprint density at radius 2 is 1.96 bits per heavy atom. The molecule has 1 aromatic carbocycles. The smallest absolute Gasteiger partial charge is 0.200 e. The molecule has 0 amide bonds. The van der Waals surface area contributed by atoms with E-state index in [0.29, 0.717) is 29.9 Å². The Morgan fingerprint density at radius 3 is 2.65 bits per heavy atom. The van der Waals surface area contributed by atoms with Crippen LogP contribution < -0.4 is 15.5 Å². The molecule has 118 valence electrons. The van der Waals surface area contributed by atoms with Gasteiger partial charge in [0.25, 0.3) is 0 Å². The summed E-state index contributed by atoms with van der Waals surface area (Å²) in [4.78, 5) is 20.4. The first-order valence-electron chi connectivity index (χ1n) is 7.72. The fourth-order valence-corrected chi connectivity index (χ4v) is 2.58. The summed E-state index contributed by atoms with van der Waals surface area (Å²) >= 11 is 0. The normalized spacial score (nSPS) is 10.7. The van der Waals surface area contributed by atoms with Gasteiger partial charge in [0, 0.05) is 24.5 Å². The van der Waals surface area contributed by atoms with E-state index in [1.54, 1.807) is 18.5 Å². The van der Waals surface area contributed by atoms with Crippen LogP contribution in [0.15, 0.2) is 47.5 Å². The molecule has 0 aliphatic rings. The number of hydrogen-bond acceptors (Lipinski definition) is 4. The first-order chi connectivity index (χ1) is 11.2. The second-order valence-electron chi connectivity index (χ2n) is 5.10. The van der Waals surface area contributed by atoms with Crippen LogP contribution in [0.4, 0.5) is 5.82 Å². The quantitative estimate of drug-likeness (QED) is 0.758. The van der Waals surface area contributed by atoms with E-state index < -0.39 is 0 Å². The first-order valence-corrected chi connectivity index (χ1v) is 7.72. The summed E-state index contributed by atoms with van der Waals surface area (Å²) in [5.41, 5.74) is 2.21. The molecule has 2 N–H and O–H groups in total. The van der Waals surface area contributed by atoms with Gasteiger partial charge in [0.05, 0.1) is 17.5 Å². The predicted molar refractivity (Wildman–Crippen MR) is 93.1 cm³/mol. The van der Waals surface area contributed by atoms with Crippen LogP contribution in [-0.2, 0) is 0 Å². The van der Waals surface area contributed by atoms with Crippen molar-refractivity contribution in [2.45, 2.75) is 13.8 Å². The van der Waals surface area contributed by atoms with Gasteiger partial charge in [0.2, 0.25) is 5.43 Å². The monoisotopic (exact) mass is 309 g/mol. The molecule has 23 heavy (non-hydrogen) atoms. The molecular weight excluding hydrogens is 290 g/mol. The first kappa shape index (κ1) is 15.1. The summed E-state index contributed by atoms with van der Waals surface area (Å²) in [5, 5.41) is 3.73. The number of nitrogens with zero attached hydrogens (tertiary/aromatic N) is 1. The molecule has 3 rings (SSSR count). The van der Waals surface area contributed by atoms with E-state index in [0.717, 1.165) is 16.8 Å². The molecular formula is C18H19N3O2. The molecule has 5 heteroatoms. The molecule has 5 nitrogen and oxygen atoms in total. The molecule has 0 saturated heterocycles. The number of rotatable bonds is 5. The summed E-state index contributed by atoms with van der Waals surface area (Å²) in [6.07, 6.45) is 3.43. The van der Waals surface area contributed by atoms with Crippen molar-refractivity contribution in [1.82, 2.24) is 9.97 Å². The SMILES string of the molecule is CCNc1nccc2[nH]cc(-c3ccc(OCC)cc3)c(=O)c12. The topological polar surface area (TPSA) is 67.0 Å². The highest BCUT2D eigenvalue weighted by Gasteiger charge is 2.11. The average molecular weight is 309 g/mol. The van der Waals surface area contributed by atoms with Gasteiger partial charge in [0.1, 0.15) is 11.6 Å². The molecule has 0 atom stereocenters. The van der Waals surface area contributed by atoms with Crippen molar-refractivity contribution in [1.29, 1.82) is 0 Å². The summed E-state index contributed by atoms with van der Waals surface area (Å²) in [6.45, 7) is 5.24. The molecule has 0 aliphatic carbocycles. The molecule has 0 fully saturated rings. The largest absolute Gasteiger partial charge is 0.494 e. The standard InChI is InChI=1S/C18H19N3O2/c1-3-19-18-16-15(9-10-20-18)21-11-14(17(16)22)12-5-7-13(8-6-12)23-4-2/h5-11H,3-4H2,1-2H3,(H,19,20)(H,21,22). The number of aromatic nitrogens is 2. The molecule has 0 aliphatic heterocycles. The van der Waals surface area contributed by atoms with Gasteiger partial charge in [-0.05, 0) is 37.6 Å². The third kappa shape index (κ3) is 2.90. The maximum absolute atomic E-state index is 12.9. The van der Waals surface area contributed by atoms with Gasteiger partial charge in [-0.3, -0.25) is 4.79 Å². The number of aromatic amines is 1. The molecule has 2 aromatic heterocycles. The van der Waals surface area contributed by atoms with Crippen molar-refractivity contribution in [3.63, 3.8) is 0 Å². The maximum atomic E-state index is 12.9. The third-order valence-electron chi connectivity index (χ3n) is 3.62. The minimum absolute atomic E-state index is 0.0352. The highest BCUT2D eigenvalue weighted by Crippen LogP contribution is 2.23. The predicted octanol–water partition coefficient (Wildman–Crippen LogP) is 3.42. The molecule has 0 spiro atoms. The van der Waals surface area contributed by atoms with Gasteiger partial charge in [-0.1, -0.05) is 12.1 Å². The molecule has 0 radical (unpaired) electrons. The fraction of sp³-hybridized carbons (Fsp3) is 0.222. The zero-order valence-electron chi connectivity index (χ0n) is 13.2. The number of hydrogen-bond donors (Lipinski definition) is 2. The van der Waals surface area contributed by atoms with E-state index in [4.69, 9.17) is 4.74 Å². The van der Waals surface area contributed by atoms with Crippen LogP contribution >= 0.6 is 0 Å². The van der Waals surface area contributed by atoms with Crippen LogP contribution in [0.1, 0.15) is 13.8 Å². The lowest BCUT2D eigenvalue weighted by Gasteiger charge is -2.09. The van der Waals surface area contributed by atoms with Gasteiger partial charge in [-0.25, -0.2) is 4.98 Å². The van der Waals surface area contributed by atoms with Crippen molar-refractivity contribution in [3.8, 4) is 16.9 Å². The minimum Gasteiger partial charge on any atom is -0.494 e. The van der Waals surface area contributed by atoms with Crippen LogP contribution in [0.25, 0.3) is 22.0 Å². The Morgan fingerprint density at radius 1 is 1.17 bits per heavy atom. The van der Waals surface area contributed by atoms with Gasteiger partial charge < -0.3 is 15.0 Å². The Bertz CT molecular complexity index is 870. The van der Waals surface area contributed by atoms with Crippen molar-refractivity contribution >= 4 is 16.7 Å². The second kappa shape index (κ2) is 6.52. The number of fused-ring (bicyclic) bond motifs is 1. The lowest BCUT2D eigenvalue weighted by atomic mass is 10.0. The number of nitrogens with one attached hydrogen (secondary N) is 2. The van der Waals surface area contributed by atoms with Gasteiger partial charge in [-0.15, -0.1) is 0 Å². The Labute approximate surface area is 134 Å². The van der Waals surface area contributed by atoms with E-state index in [1.165, 1.54) is 0 Å². The zero-order valence-corrected chi connectivity index (χ0v) is 13.2.